The molecule has 0 aliphatic carbocycles. The Labute approximate surface area is 91.1 Å². The molecular formula is C12H10F3N. The summed E-state index contributed by atoms with van der Waals surface area (Å²) in [5.74, 6) is -3.80. The Kier molecular flexibility index (Phi) is 2.50. The summed E-state index contributed by atoms with van der Waals surface area (Å²) in [5, 5.41) is 0. The van der Waals surface area contributed by atoms with E-state index >= 15 is 0 Å². The van der Waals surface area contributed by atoms with Crippen LogP contribution in [0.3, 0.4) is 0 Å². The standard InChI is InChI=1S/C12H10F3N/c1-7-3-4-8(2)16(7)9-5-10(13)12(15)11(14)6-9/h3-6H,1-2H3. The van der Waals surface area contributed by atoms with Crippen molar-refractivity contribution in [3.05, 3.63) is 53.1 Å². The number of aryl methyl sites for hydroxylation is 2. The number of benzene rings is 1. The molecule has 2 aromatic rings. The molecule has 16 heavy (non-hydrogen) atoms. The molecule has 84 valence electrons. The highest BCUT2D eigenvalue weighted by Crippen LogP contribution is 2.20. The van der Waals surface area contributed by atoms with Gasteiger partial charge in [0.2, 0.25) is 0 Å². The molecule has 1 aromatic carbocycles. The second-order valence-corrected chi connectivity index (χ2v) is 3.67. The summed E-state index contributed by atoms with van der Waals surface area (Å²) in [6.45, 7) is 3.62. The number of aromatic nitrogens is 1. The highest BCUT2D eigenvalue weighted by atomic mass is 19.2. The number of hydrogen-bond acceptors (Lipinski definition) is 0. The maximum Gasteiger partial charge on any atom is 0.194 e. The van der Waals surface area contributed by atoms with Gasteiger partial charge in [-0.2, -0.15) is 0 Å². The predicted octanol–water partition coefficient (Wildman–Crippen LogP) is 3.51. The largest absolute Gasteiger partial charge is 0.318 e. The van der Waals surface area contributed by atoms with Gasteiger partial charge in [0.05, 0.1) is 5.69 Å². The monoisotopic (exact) mass is 225 g/mol. The molecule has 1 heterocycles. The lowest BCUT2D eigenvalue weighted by molar-refractivity contribution is 0.446. The molecule has 0 amide bonds. The third-order valence-electron chi connectivity index (χ3n) is 2.50. The average Bonchev–Trinajstić information content (AvgIpc) is 2.54. The molecule has 0 saturated carbocycles. The Hall–Kier alpha value is -1.71. The molecule has 0 aliphatic rings. The summed E-state index contributed by atoms with van der Waals surface area (Å²) in [5.41, 5.74) is 1.96. The molecule has 0 N–H and O–H groups in total. The van der Waals surface area contributed by atoms with Gasteiger partial charge in [-0.1, -0.05) is 0 Å². The number of rotatable bonds is 1. The van der Waals surface area contributed by atoms with Crippen molar-refractivity contribution in [2.24, 2.45) is 0 Å². The normalized spacial score (nSPS) is 10.8. The second-order valence-electron chi connectivity index (χ2n) is 3.67. The van der Waals surface area contributed by atoms with Gasteiger partial charge in [-0.15, -0.1) is 0 Å². The minimum Gasteiger partial charge on any atom is -0.318 e. The lowest BCUT2D eigenvalue weighted by Crippen LogP contribution is -2.02. The zero-order valence-corrected chi connectivity index (χ0v) is 8.89. The average molecular weight is 225 g/mol. The van der Waals surface area contributed by atoms with Crippen LogP contribution in [0.5, 0.6) is 0 Å². The molecule has 0 fully saturated rings. The molecule has 0 radical (unpaired) electrons. The van der Waals surface area contributed by atoms with Crippen LogP contribution >= 0.6 is 0 Å². The van der Waals surface area contributed by atoms with E-state index in [9.17, 15) is 13.2 Å². The van der Waals surface area contributed by atoms with Crippen molar-refractivity contribution in [3.63, 3.8) is 0 Å². The van der Waals surface area contributed by atoms with Crippen molar-refractivity contribution in [2.75, 3.05) is 0 Å². The fourth-order valence-electron chi connectivity index (χ4n) is 1.75. The van der Waals surface area contributed by atoms with Crippen LogP contribution in [0.2, 0.25) is 0 Å². The molecule has 0 atom stereocenters. The predicted molar refractivity (Wildman–Crippen MR) is 55.1 cm³/mol. The first-order chi connectivity index (χ1) is 7.50. The minimum atomic E-state index is -1.44. The van der Waals surface area contributed by atoms with Crippen molar-refractivity contribution in [1.29, 1.82) is 0 Å². The van der Waals surface area contributed by atoms with Gasteiger partial charge < -0.3 is 4.57 Å². The quantitative estimate of drug-likeness (QED) is 0.654. The Morgan fingerprint density at radius 1 is 0.875 bits per heavy atom. The third-order valence-corrected chi connectivity index (χ3v) is 2.50. The van der Waals surface area contributed by atoms with Gasteiger partial charge in [0.1, 0.15) is 0 Å². The lowest BCUT2D eigenvalue weighted by atomic mass is 10.2. The summed E-state index contributed by atoms with van der Waals surface area (Å²) in [4.78, 5) is 0. The summed E-state index contributed by atoms with van der Waals surface area (Å²) in [7, 11) is 0. The van der Waals surface area contributed by atoms with Gasteiger partial charge in [0.25, 0.3) is 0 Å². The zero-order chi connectivity index (χ0) is 11.9. The summed E-state index contributed by atoms with van der Waals surface area (Å²) >= 11 is 0. The first kappa shape index (κ1) is 10.8. The van der Waals surface area contributed by atoms with Crippen LogP contribution in [0.4, 0.5) is 13.2 Å². The van der Waals surface area contributed by atoms with Crippen molar-refractivity contribution in [1.82, 2.24) is 4.57 Å². The van der Waals surface area contributed by atoms with Crippen LogP contribution in [-0.4, -0.2) is 4.57 Å². The number of hydrogen-bond donors (Lipinski definition) is 0. The fraction of sp³-hybridized carbons (Fsp3) is 0.167. The molecule has 4 heteroatoms. The SMILES string of the molecule is Cc1ccc(C)n1-c1cc(F)c(F)c(F)c1. The van der Waals surface area contributed by atoms with E-state index in [2.05, 4.69) is 0 Å². The summed E-state index contributed by atoms with van der Waals surface area (Å²) in [6.07, 6.45) is 0. The topological polar surface area (TPSA) is 4.93 Å². The Morgan fingerprint density at radius 2 is 1.31 bits per heavy atom. The van der Waals surface area contributed by atoms with Crippen LogP contribution in [0, 0.1) is 31.3 Å². The van der Waals surface area contributed by atoms with E-state index in [1.165, 1.54) is 0 Å². The fourth-order valence-corrected chi connectivity index (χ4v) is 1.75. The molecule has 0 saturated heterocycles. The van der Waals surface area contributed by atoms with Crippen LogP contribution in [0.25, 0.3) is 5.69 Å². The van der Waals surface area contributed by atoms with E-state index in [1.807, 2.05) is 26.0 Å². The molecular weight excluding hydrogens is 215 g/mol. The van der Waals surface area contributed by atoms with E-state index in [1.54, 1.807) is 4.57 Å². The molecule has 0 bridgehead atoms. The van der Waals surface area contributed by atoms with E-state index < -0.39 is 17.5 Å². The van der Waals surface area contributed by atoms with Crippen molar-refractivity contribution >= 4 is 0 Å². The Balaban J connectivity index is 2.66. The third kappa shape index (κ3) is 1.60. The van der Waals surface area contributed by atoms with Crippen LogP contribution in [0.1, 0.15) is 11.4 Å². The van der Waals surface area contributed by atoms with E-state index in [0.717, 1.165) is 23.5 Å². The van der Waals surface area contributed by atoms with Gasteiger partial charge in [0.15, 0.2) is 17.5 Å². The molecule has 1 nitrogen and oxygen atoms in total. The van der Waals surface area contributed by atoms with E-state index in [0.29, 0.717) is 0 Å². The molecule has 1 aromatic heterocycles. The summed E-state index contributed by atoms with van der Waals surface area (Å²) in [6, 6.07) is 5.62. The minimum absolute atomic E-state index is 0.288. The maximum absolute atomic E-state index is 13.1. The number of halogens is 3. The van der Waals surface area contributed by atoms with Crippen molar-refractivity contribution in [3.8, 4) is 5.69 Å². The van der Waals surface area contributed by atoms with Crippen molar-refractivity contribution < 1.29 is 13.2 Å². The lowest BCUT2D eigenvalue weighted by Gasteiger charge is -2.10. The zero-order valence-electron chi connectivity index (χ0n) is 8.89. The highest BCUT2D eigenvalue weighted by Gasteiger charge is 2.13. The van der Waals surface area contributed by atoms with Crippen LogP contribution in [0.15, 0.2) is 24.3 Å². The molecule has 0 spiro atoms. The molecule has 2 rings (SSSR count). The van der Waals surface area contributed by atoms with Gasteiger partial charge in [-0.25, -0.2) is 13.2 Å². The highest BCUT2D eigenvalue weighted by molar-refractivity contribution is 5.38. The van der Waals surface area contributed by atoms with E-state index in [4.69, 9.17) is 0 Å². The second kappa shape index (κ2) is 3.70. The van der Waals surface area contributed by atoms with Crippen molar-refractivity contribution in [2.45, 2.75) is 13.8 Å². The van der Waals surface area contributed by atoms with E-state index in [-0.39, 0.29) is 5.69 Å². The van der Waals surface area contributed by atoms with Gasteiger partial charge in [0, 0.05) is 23.5 Å². The smallest absolute Gasteiger partial charge is 0.194 e. The summed E-state index contributed by atoms with van der Waals surface area (Å²) < 4.78 is 40.6. The molecule has 0 aliphatic heterocycles. The first-order valence-corrected chi connectivity index (χ1v) is 4.80. The van der Waals surface area contributed by atoms with Crippen LogP contribution in [-0.2, 0) is 0 Å². The Bertz CT molecular complexity index is 501. The first-order valence-electron chi connectivity index (χ1n) is 4.80. The van der Waals surface area contributed by atoms with Gasteiger partial charge >= 0.3 is 0 Å². The van der Waals surface area contributed by atoms with Gasteiger partial charge in [-0.3, -0.25) is 0 Å². The number of nitrogens with zero attached hydrogens (tertiary/aromatic N) is 1. The van der Waals surface area contributed by atoms with Crippen LogP contribution < -0.4 is 0 Å². The molecule has 0 unspecified atom stereocenters. The van der Waals surface area contributed by atoms with Gasteiger partial charge in [-0.05, 0) is 26.0 Å². The maximum atomic E-state index is 13.1. The Morgan fingerprint density at radius 3 is 1.75 bits per heavy atom.